The molecule has 1 N–H and O–H groups in total. The SMILES string of the molecule is C=CC.CCCCOc1ncc(NC(C)=O)c(N(CC(C)/C=C(\C)CN2CCCC2)C(C)C)n1. The van der Waals surface area contributed by atoms with Crippen LogP contribution in [0.5, 0.6) is 6.01 Å². The van der Waals surface area contributed by atoms with Gasteiger partial charge < -0.3 is 15.0 Å². The second kappa shape index (κ2) is 16.3. The molecule has 1 aliphatic heterocycles. The van der Waals surface area contributed by atoms with E-state index in [0.717, 1.165) is 25.9 Å². The summed E-state index contributed by atoms with van der Waals surface area (Å²) in [6, 6.07) is 0.567. The Balaban J connectivity index is 0.00000182. The number of ether oxygens (including phenoxy) is 1. The fourth-order valence-electron chi connectivity index (χ4n) is 3.97. The van der Waals surface area contributed by atoms with Gasteiger partial charge in [0, 0.05) is 26.1 Å². The quantitative estimate of drug-likeness (QED) is 0.310. The van der Waals surface area contributed by atoms with Crippen LogP contribution < -0.4 is 15.0 Å². The second-order valence-electron chi connectivity index (χ2n) is 9.40. The van der Waals surface area contributed by atoms with Crippen molar-refractivity contribution in [3.05, 3.63) is 30.5 Å². The largest absolute Gasteiger partial charge is 0.463 e. The van der Waals surface area contributed by atoms with Gasteiger partial charge in [0.15, 0.2) is 5.82 Å². The van der Waals surface area contributed by atoms with E-state index in [2.05, 4.69) is 72.4 Å². The third-order valence-electron chi connectivity index (χ3n) is 5.41. The number of aromatic nitrogens is 2. The highest BCUT2D eigenvalue weighted by Crippen LogP contribution is 2.28. The predicted molar refractivity (Wildman–Crippen MR) is 144 cm³/mol. The topological polar surface area (TPSA) is 70.6 Å². The van der Waals surface area contributed by atoms with Crippen LogP contribution in [-0.4, -0.2) is 59.6 Å². The van der Waals surface area contributed by atoms with Gasteiger partial charge in [-0.3, -0.25) is 9.69 Å². The zero-order valence-electron chi connectivity index (χ0n) is 22.6. The number of carbonyl (C=O) groups is 1. The van der Waals surface area contributed by atoms with E-state index in [4.69, 9.17) is 4.74 Å². The number of hydrogen-bond donors (Lipinski definition) is 1. The van der Waals surface area contributed by atoms with Crippen molar-refractivity contribution < 1.29 is 9.53 Å². The second-order valence-corrected chi connectivity index (χ2v) is 9.40. The number of nitrogens with zero attached hydrogens (tertiary/aromatic N) is 4. The highest BCUT2D eigenvalue weighted by Gasteiger charge is 2.21. The Bertz CT molecular complexity index is 772. The van der Waals surface area contributed by atoms with Crippen LogP contribution in [0.2, 0.25) is 0 Å². The lowest BCUT2D eigenvalue weighted by Crippen LogP contribution is -2.36. The molecule has 2 rings (SSSR count). The molecule has 192 valence electrons. The summed E-state index contributed by atoms with van der Waals surface area (Å²) < 4.78 is 5.74. The molecule has 0 spiro atoms. The third-order valence-corrected chi connectivity index (χ3v) is 5.41. The van der Waals surface area contributed by atoms with Crippen molar-refractivity contribution in [3.8, 4) is 6.01 Å². The zero-order chi connectivity index (χ0) is 25.5. The first-order valence-corrected chi connectivity index (χ1v) is 12.7. The summed E-state index contributed by atoms with van der Waals surface area (Å²) in [5.74, 6) is 0.918. The van der Waals surface area contributed by atoms with Crippen molar-refractivity contribution in [2.75, 3.05) is 43.0 Å². The van der Waals surface area contributed by atoms with Crippen molar-refractivity contribution >= 4 is 17.4 Å². The number of anilines is 2. The molecule has 1 amide bonds. The fourth-order valence-corrected chi connectivity index (χ4v) is 3.97. The van der Waals surface area contributed by atoms with Crippen LogP contribution in [0.25, 0.3) is 0 Å². The normalized spacial score (nSPS) is 14.9. The average molecular weight is 474 g/mol. The predicted octanol–water partition coefficient (Wildman–Crippen LogP) is 5.70. The summed E-state index contributed by atoms with van der Waals surface area (Å²) in [6.45, 7) is 22.5. The molecule has 1 atom stereocenters. The van der Waals surface area contributed by atoms with Gasteiger partial charge >= 0.3 is 6.01 Å². The highest BCUT2D eigenvalue weighted by molar-refractivity contribution is 5.91. The van der Waals surface area contributed by atoms with Gasteiger partial charge in [0.05, 0.1) is 12.8 Å². The van der Waals surface area contributed by atoms with Gasteiger partial charge in [0.25, 0.3) is 0 Å². The first-order valence-electron chi connectivity index (χ1n) is 12.7. The minimum absolute atomic E-state index is 0.136. The van der Waals surface area contributed by atoms with Crippen LogP contribution in [0.15, 0.2) is 30.5 Å². The van der Waals surface area contributed by atoms with E-state index in [0.29, 0.717) is 30.0 Å². The molecule has 1 unspecified atom stereocenters. The molecule has 2 heterocycles. The molecule has 7 heteroatoms. The van der Waals surface area contributed by atoms with Gasteiger partial charge in [0.1, 0.15) is 5.69 Å². The van der Waals surface area contributed by atoms with Crippen LogP contribution in [0.3, 0.4) is 0 Å². The zero-order valence-corrected chi connectivity index (χ0v) is 22.6. The highest BCUT2D eigenvalue weighted by atomic mass is 16.5. The van der Waals surface area contributed by atoms with Gasteiger partial charge in [-0.25, -0.2) is 4.98 Å². The Kier molecular flexibility index (Phi) is 14.2. The number of nitrogens with one attached hydrogen (secondary N) is 1. The molecule has 0 radical (unpaired) electrons. The Labute approximate surface area is 207 Å². The van der Waals surface area contributed by atoms with E-state index in [1.54, 1.807) is 12.3 Å². The van der Waals surface area contributed by atoms with Crippen LogP contribution in [0, 0.1) is 5.92 Å². The molecule has 1 aromatic rings. The molecule has 1 aromatic heterocycles. The minimum Gasteiger partial charge on any atom is -0.463 e. The van der Waals surface area contributed by atoms with Gasteiger partial charge in [0.2, 0.25) is 5.91 Å². The van der Waals surface area contributed by atoms with E-state index >= 15 is 0 Å². The monoisotopic (exact) mass is 473 g/mol. The lowest BCUT2D eigenvalue weighted by atomic mass is 10.1. The fraction of sp³-hybridized carbons (Fsp3) is 0.667. The van der Waals surface area contributed by atoms with Crippen molar-refractivity contribution in [1.29, 1.82) is 0 Å². The van der Waals surface area contributed by atoms with Crippen LogP contribution in [0.1, 0.15) is 74.1 Å². The number of unbranched alkanes of at least 4 members (excludes halogenated alkanes) is 1. The van der Waals surface area contributed by atoms with Crippen LogP contribution in [0.4, 0.5) is 11.5 Å². The van der Waals surface area contributed by atoms with Crippen molar-refractivity contribution in [3.63, 3.8) is 0 Å². The number of amides is 1. The number of hydrogen-bond acceptors (Lipinski definition) is 6. The average Bonchev–Trinajstić information content (AvgIpc) is 3.26. The first-order chi connectivity index (χ1) is 16.2. The molecular weight excluding hydrogens is 426 g/mol. The lowest BCUT2D eigenvalue weighted by molar-refractivity contribution is -0.114. The molecular formula is C27H47N5O2. The number of allylic oxidation sites excluding steroid dienone is 1. The van der Waals surface area contributed by atoms with Gasteiger partial charge in [-0.15, -0.1) is 6.58 Å². The molecule has 1 fully saturated rings. The summed E-state index contributed by atoms with van der Waals surface area (Å²) in [4.78, 5) is 25.5. The standard InChI is InChI=1S/C24H41N5O2.C3H6/c1-7-8-13-31-24-25-15-22(26-21(6)30)23(27-24)29(18(2)3)17-20(5)14-19(4)16-28-11-9-10-12-28;1-3-2/h14-15,18,20H,7-13,16-17H2,1-6H3,(H,26,30);3H,1H2,2H3/b19-14+;. The van der Waals surface area contributed by atoms with E-state index < -0.39 is 0 Å². The summed E-state index contributed by atoms with van der Waals surface area (Å²) in [7, 11) is 0. The van der Waals surface area contributed by atoms with E-state index in [-0.39, 0.29) is 11.9 Å². The van der Waals surface area contributed by atoms with E-state index in [1.165, 1.54) is 38.4 Å². The summed E-state index contributed by atoms with van der Waals surface area (Å²) >= 11 is 0. The van der Waals surface area contributed by atoms with E-state index in [1.807, 2.05) is 6.92 Å². The van der Waals surface area contributed by atoms with Gasteiger partial charge in [-0.05, 0) is 66.0 Å². The summed E-state index contributed by atoms with van der Waals surface area (Å²) in [5, 5.41) is 2.88. The minimum atomic E-state index is -0.136. The van der Waals surface area contributed by atoms with Crippen molar-refractivity contribution in [2.45, 2.75) is 80.2 Å². The van der Waals surface area contributed by atoms with Crippen LogP contribution >= 0.6 is 0 Å². The number of rotatable bonds is 12. The number of carbonyl (C=O) groups excluding carboxylic acids is 1. The third kappa shape index (κ3) is 11.1. The van der Waals surface area contributed by atoms with Gasteiger partial charge in [-0.2, -0.15) is 4.98 Å². The Morgan fingerprint density at radius 3 is 2.50 bits per heavy atom. The Morgan fingerprint density at radius 1 is 1.29 bits per heavy atom. The number of likely N-dealkylation sites (tertiary alicyclic amines) is 1. The molecule has 0 aliphatic carbocycles. The summed E-state index contributed by atoms with van der Waals surface area (Å²) in [5.41, 5.74) is 2.03. The Hall–Kier alpha value is -2.41. The maximum Gasteiger partial charge on any atom is 0.318 e. The Morgan fingerprint density at radius 2 is 1.94 bits per heavy atom. The molecule has 0 aromatic carbocycles. The van der Waals surface area contributed by atoms with Crippen molar-refractivity contribution in [1.82, 2.24) is 14.9 Å². The van der Waals surface area contributed by atoms with E-state index in [9.17, 15) is 4.79 Å². The van der Waals surface area contributed by atoms with Crippen LogP contribution in [-0.2, 0) is 4.79 Å². The first kappa shape index (κ1) is 29.6. The maximum atomic E-state index is 11.8. The molecule has 0 bridgehead atoms. The molecule has 1 aliphatic rings. The molecule has 0 saturated carbocycles. The molecule has 7 nitrogen and oxygen atoms in total. The summed E-state index contributed by atoms with van der Waals surface area (Å²) in [6.07, 6.45) is 10.4. The van der Waals surface area contributed by atoms with Gasteiger partial charge in [-0.1, -0.05) is 38.0 Å². The lowest BCUT2D eigenvalue weighted by Gasteiger charge is -2.31. The smallest absolute Gasteiger partial charge is 0.318 e. The molecule has 34 heavy (non-hydrogen) atoms. The van der Waals surface area contributed by atoms with Crippen molar-refractivity contribution in [2.24, 2.45) is 5.92 Å². The maximum absolute atomic E-state index is 11.8. The molecule has 1 saturated heterocycles.